The molecule has 1 rings (SSSR count). The molecule has 1 aromatic heterocycles. The van der Waals surface area contributed by atoms with E-state index in [1.807, 2.05) is 0 Å². The number of thioether (sulfide) groups is 1. The third-order valence-corrected chi connectivity index (χ3v) is 3.18. The van der Waals surface area contributed by atoms with Gasteiger partial charge in [0.05, 0.1) is 5.02 Å². The molecule has 0 unspecified atom stereocenters. The van der Waals surface area contributed by atoms with E-state index < -0.39 is 0 Å². The van der Waals surface area contributed by atoms with Gasteiger partial charge in [0.25, 0.3) is 0 Å². The first-order chi connectivity index (χ1) is 7.24. The molecule has 82 valence electrons. The highest BCUT2D eigenvalue weighted by Crippen LogP contribution is 2.24. The van der Waals surface area contributed by atoms with Crippen molar-refractivity contribution in [3.8, 4) is 0 Å². The van der Waals surface area contributed by atoms with Crippen LogP contribution in [0.3, 0.4) is 0 Å². The Hall–Kier alpha value is -0.940. The van der Waals surface area contributed by atoms with E-state index in [0.29, 0.717) is 11.4 Å². The quantitative estimate of drug-likeness (QED) is 0.209. The zero-order valence-corrected chi connectivity index (χ0v) is 9.63. The zero-order chi connectivity index (χ0) is 11.1. The van der Waals surface area contributed by atoms with Gasteiger partial charge in [0.1, 0.15) is 10.9 Å². The number of halogens is 1. The van der Waals surface area contributed by atoms with Gasteiger partial charge in [0, 0.05) is 12.6 Å². The van der Waals surface area contributed by atoms with Crippen molar-refractivity contribution in [2.45, 2.75) is 17.9 Å². The Morgan fingerprint density at radius 1 is 1.67 bits per heavy atom. The van der Waals surface area contributed by atoms with Gasteiger partial charge in [-0.05, 0) is 24.3 Å². The summed E-state index contributed by atoms with van der Waals surface area (Å²) < 4.78 is 0. The van der Waals surface area contributed by atoms with Gasteiger partial charge in [-0.1, -0.05) is 16.8 Å². The van der Waals surface area contributed by atoms with Gasteiger partial charge in [-0.15, -0.1) is 11.8 Å². The van der Waals surface area contributed by atoms with Crippen LogP contribution >= 0.6 is 23.4 Å². The van der Waals surface area contributed by atoms with Gasteiger partial charge in [-0.3, -0.25) is 0 Å². The van der Waals surface area contributed by atoms with E-state index in [1.165, 1.54) is 0 Å². The molecule has 4 nitrogen and oxygen atoms in total. The lowest BCUT2D eigenvalue weighted by Crippen LogP contribution is -2.11. The summed E-state index contributed by atoms with van der Waals surface area (Å²) in [5.41, 5.74) is 5.33. The Labute approximate surface area is 97.5 Å². The van der Waals surface area contributed by atoms with Gasteiger partial charge in [-0.2, -0.15) is 0 Å². The maximum atomic E-state index is 8.32. The van der Waals surface area contributed by atoms with Crippen LogP contribution in [0.5, 0.6) is 0 Å². The lowest BCUT2D eigenvalue weighted by molar-refractivity contribution is 0.317. The second kappa shape index (κ2) is 6.53. The van der Waals surface area contributed by atoms with Crippen molar-refractivity contribution in [3.63, 3.8) is 0 Å². The van der Waals surface area contributed by atoms with E-state index in [0.717, 1.165) is 17.2 Å². The van der Waals surface area contributed by atoms with Crippen LogP contribution in [0.15, 0.2) is 28.5 Å². The Morgan fingerprint density at radius 3 is 3.13 bits per heavy atom. The van der Waals surface area contributed by atoms with Gasteiger partial charge in [0.15, 0.2) is 0 Å². The molecule has 0 aromatic carbocycles. The van der Waals surface area contributed by atoms with E-state index in [1.54, 1.807) is 30.1 Å². The Bertz CT molecular complexity index is 346. The van der Waals surface area contributed by atoms with Crippen molar-refractivity contribution >= 4 is 29.2 Å². The van der Waals surface area contributed by atoms with Gasteiger partial charge in [-0.25, -0.2) is 4.98 Å². The fourth-order valence-electron chi connectivity index (χ4n) is 0.950. The minimum Gasteiger partial charge on any atom is -0.409 e. The molecule has 0 fully saturated rings. The van der Waals surface area contributed by atoms with Crippen LogP contribution in [0.2, 0.25) is 5.02 Å². The Kier molecular flexibility index (Phi) is 5.28. The number of aromatic nitrogens is 1. The van der Waals surface area contributed by atoms with Crippen molar-refractivity contribution in [1.82, 2.24) is 4.98 Å². The first-order valence-electron chi connectivity index (χ1n) is 4.43. The molecule has 0 aliphatic heterocycles. The molecule has 0 spiro atoms. The number of nitrogens with two attached hydrogens (primary N) is 1. The zero-order valence-electron chi connectivity index (χ0n) is 8.06. The van der Waals surface area contributed by atoms with Crippen LogP contribution < -0.4 is 5.73 Å². The number of hydrogen-bond acceptors (Lipinski definition) is 4. The molecule has 0 aliphatic carbocycles. The molecular weight excluding hydrogens is 234 g/mol. The molecule has 0 aliphatic rings. The van der Waals surface area contributed by atoms with Crippen molar-refractivity contribution in [1.29, 1.82) is 0 Å². The average Bonchev–Trinajstić information content (AvgIpc) is 2.26. The topological polar surface area (TPSA) is 71.5 Å². The summed E-state index contributed by atoms with van der Waals surface area (Å²) in [7, 11) is 0. The summed E-state index contributed by atoms with van der Waals surface area (Å²) in [4.78, 5) is 4.14. The summed E-state index contributed by atoms with van der Waals surface area (Å²) in [6.45, 7) is 0. The highest BCUT2D eigenvalue weighted by Gasteiger charge is 2.01. The first kappa shape index (κ1) is 12.1. The van der Waals surface area contributed by atoms with Crippen LogP contribution in [0, 0.1) is 0 Å². The van der Waals surface area contributed by atoms with Crippen LogP contribution in [0.4, 0.5) is 0 Å². The lowest BCUT2D eigenvalue weighted by Gasteiger charge is -2.01. The molecule has 0 amide bonds. The molecule has 1 heterocycles. The van der Waals surface area contributed by atoms with E-state index in [2.05, 4.69) is 10.1 Å². The predicted molar refractivity (Wildman–Crippen MR) is 62.6 cm³/mol. The normalized spacial score (nSPS) is 11.7. The molecular formula is C9H12ClN3OS. The molecule has 3 N–H and O–H groups in total. The minimum atomic E-state index is 0.253. The summed E-state index contributed by atoms with van der Waals surface area (Å²) in [6.07, 6.45) is 3.11. The van der Waals surface area contributed by atoms with Gasteiger partial charge < -0.3 is 10.9 Å². The van der Waals surface area contributed by atoms with E-state index >= 15 is 0 Å². The second-order valence-electron chi connectivity index (χ2n) is 2.83. The van der Waals surface area contributed by atoms with E-state index in [4.69, 9.17) is 22.5 Å². The van der Waals surface area contributed by atoms with Crippen LogP contribution in [0.1, 0.15) is 12.8 Å². The third-order valence-electron chi connectivity index (χ3n) is 1.67. The SMILES string of the molecule is NC(CCCSc1ncccc1Cl)=NO. The molecule has 0 atom stereocenters. The molecule has 6 heteroatoms. The molecule has 0 saturated carbocycles. The predicted octanol–water partition coefficient (Wildman–Crippen LogP) is 2.35. The molecule has 1 aromatic rings. The summed E-state index contributed by atoms with van der Waals surface area (Å²) in [5, 5.41) is 12.7. The molecule has 15 heavy (non-hydrogen) atoms. The van der Waals surface area contributed by atoms with Crippen LogP contribution in [-0.4, -0.2) is 21.8 Å². The highest BCUT2D eigenvalue weighted by atomic mass is 35.5. The first-order valence-corrected chi connectivity index (χ1v) is 5.80. The minimum absolute atomic E-state index is 0.253. The molecule has 0 saturated heterocycles. The number of hydrogen-bond donors (Lipinski definition) is 2. The van der Waals surface area contributed by atoms with E-state index in [9.17, 15) is 0 Å². The van der Waals surface area contributed by atoms with E-state index in [-0.39, 0.29) is 5.84 Å². The highest BCUT2D eigenvalue weighted by molar-refractivity contribution is 7.99. The Morgan fingerprint density at radius 2 is 2.47 bits per heavy atom. The van der Waals surface area contributed by atoms with Crippen LogP contribution in [-0.2, 0) is 0 Å². The van der Waals surface area contributed by atoms with Gasteiger partial charge in [0.2, 0.25) is 0 Å². The average molecular weight is 246 g/mol. The number of nitrogens with zero attached hydrogens (tertiary/aromatic N) is 2. The van der Waals surface area contributed by atoms with Crippen molar-refractivity contribution in [3.05, 3.63) is 23.4 Å². The van der Waals surface area contributed by atoms with Crippen molar-refractivity contribution < 1.29 is 5.21 Å². The second-order valence-corrected chi connectivity index (χ2v) is 4.32. The van der Waals surface area contributed by atoms with Gasteiger partial charge >= 0.3 is 0 Å². The number of pyridine rings is 1. The Balaban J connectivity index is 2.29. The van der Waals surface area contributed by atoms with Crippen molar-refractivity contribution in [2.24, 2.45) is 10.9 Å². The largest absolute Gasteiger partial charge is 0.409 e. The lowest BCUT2D eigenvalue weighted by atomic mass is 10.3. The number of rotatable bonds is 5. The molecule has 0 radical (unpaired) electrons. The maximum absolute atomic E-state index is 8.32. The fourth-order valence-corrected chi connectivity index (χ4v) is 2.06. The smallest absolute Gasteiger partial charge is 0.139 e. The third kappa shape index (κ3) is 4.40. The number of amidine groups is 1. The van der Waals surface area contributed by atoms with Crippen molar-refractivity contribution in [2.75, 3.05) is 5.75 Å². The fraction of sp³-hybridized carbons (Fsp3) is 0.333. The molecule has 0 bridgehead atoms. The standard InChI is InChI=1S/C9H12ClN3OS/c10-7-3-1-5-12-9(7)15-6-2-4-8(11)13-14/h1,3,5,14H,2,4,6H2,(H2,11,13). The maximum Gasteiger partial charge on any atom is 0.139 e. The monoisotopic (exact) mass is 245 g/mol. The number of oxime groups is 1. The van der Waals surface area contributed by atoms with Crippen LogP contribution in [0.25, 0.3) is 0 Å². The summed E-state index contributed by atoms with van der Waals surface area (Å²) in [6, 6.07) is 3.60. The summed E-state index contributed by atoms with van der Waals surface area (Å²) >= 11 is 7.49. The summed E-state index contributed by atoms with van der Waals surface area (Å²) in [5.74, 6) is 1.09.